The molecule has 25 heavy (non-hydrogen) atoms. The van der Waals surface area contributed by atoms with Crippen molar-refractivity contribution in [3.63, 3.8) is 0 Å². The van der Waals surface area contributed by atoms with E-state index >= 15 is 0 Å². The van der Waals surface area contributed by atoms with Crippen molar-refractivity contribution in [2.45, 2.75) is 18.8 Å². The Bertz CT molecular complexity index is 678. The third-order valence-corrected chi connectivity index (χ3v) is 4.90. The van der Waals surface area contributed by atoms with Crippen molar-refractivity contribution in [1.29, 1.82) is 0 Å². The maximum atomic E-state index is 14.4. The second-order valence-corrected chi connectivity index (χ2v) is 6.88. The molecule has 2 fully saturated rings. The molecule has 0 bridgehead atoms. The second-order valence-electron chi connectivity index (χ2n) is 6.88. The third kappa shape index (κ3) is 3.37. The van der Waals surface area contributed by atoms with Crippen molar-refractivity contribution in [3.8, 4) is 0 Å². The zero-order valence-electron chi connectivity index (χ0n) is 14.4. The molecular weight excluding hydrogens is 334 g/mol. The number of aromatic nitrogens is 2. The Hall–Kier alpha value is -2.03. The minimum Gasteiger partial charge on any atom is -0.383 e. The van der Waals surface area contributed by atoms with Gasteiger partial charge in [-0.1, -0.05) is 0 Å². The van der Waals surface area contributed by atoms with Gasteiger partial charge in [-0.25, -0.2) is 8.78 Å². The highest BCUT2D eigenvalue weighted by atomic mass is 19.3. The van der Waals surface area contributed by atoms with Gasteiger partial charge in [-0.15, -0.1) is 0 Å². The summed E-state index contributed by atoms with van der Waals surface area (Å²) in [4.78, 5) is 28.0. The molecular formula is C16H22F2N4O3. The molecule has 0 N–H and O–H groups in total. The van der Waals surface area contributed by atoms with Crippen molar-refractivity contribution in [2.75, 3.05) is 39.9 Å². The van der Waals surface area contributed by atoms with Crippen LogP contribution in [0.4, 0.5) is 8.78 Å². The molecule has 0 aromatic carbocycles. The number of carbonyl (C=O) groups excluding carboxylic acids is 2. The zero-order chi connectivity index (χ0) is 18.2. The standard InChI is InChI=1S/C16H22F2N4O3/c1-20-5-3-12(19-20)13(23)22-10-15(9-16(17,18)11-22)4-6-21(14(15)24)7-8-25-2/h3,5H,4,6-11H2,1-2H3/t15-/m1/s1. The number of nitrogens with zero attached hydrogens (tertiary/aromatic N) is 4. The van der Waals surface area contributed by atoms with Gasteiger partial charge < -0.3 is 14.5 Å². The van der Waals surface area contributed by atoms with E-state index in [9.17, 15) is 18.4 Å². The van der Waals surface area contributed by atoms with Gasteiger partial charge >= 0.3 is 0 Å². The minimum atomic E-state index is -3.10. The van der Waals surface area contributed by atoms with E-state index in [0.29, 0.717) is 26.1 Å². The van der Waals surface area contributed by atoms with Crippen LogP contribution in [0.25, 0.3) is 0 Å². The fraction of sp³-hybridized carbons (Fsp3) is 0.688. The maximum Gasteiger partial charge on any atom is 0.274 e. The third-order valence-electron chi connectivity index (χ3n) is 4.90. The lowest BCUT2D eigenvalue weighted by Gasteiger charge is -2.42. The molecule has 1 atom stereocenters. The SMILES string of the molecule is COCCN1CC[C@@]2(CN(C(=O)c3ccn(C)n3)CC(F)(F)C2)C1=O. The maximum absolute atomic E-state index is 14.4. The molecule has 1 aromatic rings. The first-order valence-corrected chi connectivity index (χ1v) is 8.21. The number of piperidine rings is 1. The van der Waals surface area contributed by atoms with Crippen LogP contribution in [-0.2, 0) is 16.6 Å². The molecule has 0 saturated carbocycles. The van der Waals surface area contributed by atoms with E-state index in [1.807, 2.05) is 0 Å². The highest BCUT2D eigenvalue weighted by Crippen LogP contribution is 2.45. The molecule has 9 heteroatoms. The lowest BCUT2D eigenvalue weighted by atomic mass is 9.77. The van der Waals surface area contributed by atoms with Gasteiger partial charge in [0.2, 0.25) is 5.91 Å². The number of hydrogen-bond acceptors (Lipinski definition) is 4. The predicted octanol–water partition coefficient (Wildman–Crippen LogP) is 0.766. The topological polar surface area (TPSA) is 67.7 Å². The minimum absolute atomic E-state index is 0.000311. The predicted molar refractivity (Wildman–Crippen MR) is 84.2 cm³/mol. The van der Waals surface area contributed by atoms with Crippen LogP contribution in [0.1, 0.15) is 23.3 Å². The van der Waals surface area contributed by atoms with Crippen LogP contribution >= 0.6 is 0 Å². The fourth-order valence-corrected chi connectivity index (χ4v) is 3.76. The number of alkyl halides is 2. The van der Waals surface area contributed by atoms with Crippen LogP contribution < -0.4 is 0 Å². The lowest BCUT2D eigenvalue weighted by Crippen LogP contribution is -2.57. The Morgan fingerprint density at radius 3 is 2.80 bits per heavy atom. The number of methoxy groups -OCH3 is 1. The molecule has 0 aliphatic carbocycles. The number of likely N-dealkylation sites (tertiary alicyclic amines) is 2. The largest absolute Gasteiger partial charge is 0.383 e. The summed E-state index contributed by atoms with van der Waals surface area (Å²) in [7, 11) is 3.18. The van der Waals surface area contributed by atoms with E-state index < -0.39 is 30.2 Å². The van der Waals surface area contributed by atoms with E-state index in [1.54, 1.807) is 18.1 Å². The molecule has 1 spiro atoms. The Morgan fingerprint density at radius 1 is 1.40 bits per heavy atom. The van der Waals surface area contributed by atoms with Crippen molar-refractivity contribution in [1.82, 2.24) is 19.6 Å². The van der Waals surface area contributed by atoms with Gasteiger partial charge in [0.1, 0.15) is 5.69 Å². The molecule has 138 valence electrons. The van der Waals surface area contributed by atoms with E-state index in [4.69, 9.17) is 4.74 Å². The molecule has 0 unspecified atom stereocenters. The van der Waals surface area contributed by atoms with Crippen molar-refractivity contribution >= 4 is 11.8 Å². The average Bonchev–Trinajstić information content (AvgIpc) is 3.09. The molecule has 2 aliphatic heterocycles. The summed E-state index contributed by atoms with van der Waals surface area (Å²) in [6, 6.07) is 1.49. The number of halogens is 2. The fourth-order valence-electron chi connectivity index (χ4n) is 3.76. The monoisotopic (exact) mass is 356 g/mol. The van der Waals surface area contributed by atoms with Gasteiger partial charge in [0.15, 0.2) is 0 Å². The summed E-state index contributed by atoms with van der Waals surface area (Å²) in [6.45, 7) is 0.450. The van der Waals surface area contributed by atoms with Crippen LogP contribution in [0.15, 0.2) is 12.3 Å². The number of ether oxygens (including phenoxy) is 1. The van der Waals surface area contributed by atoms with Gasteiger partial charge in [0.05, 0.1) is 18.6 Å². The molecule has 7 nitrogen and oxygen atoms in total. The van der Waals surface area contributed by atoms with Crippen molar-refractivity contribution in [3.05, 3.63) is 18.0 Å². The number of rotatable bonds is 4. The first-order chi connectivity index (χ1) is 11.8. The Morgan fingerprint density at radius 2 is 2.16 bits per heavy atom. The smallest absolute Gasteiger partial charge is 0.274 e. The van der Waals surface area contributed by atoms with Gasteiger partial charge in [0.25, 0.3) is 11.8 Å². The average molecular weight is 356 g/mol. The summed E-state index contributed by atoms with van der Waals surface area (Å²) in [5, 5.41) is 3.99. The van der Waals surface area contributed by atoms with E-state index in [-0.39, 0.29) is 18.1 Å². The van der Waals surface area contributed by atoms with Crippen LogP contribution in [0.5, 0.6) is 0 Å². The highest BCUT2D eigenvalue weighted by molar-refractivity contribution is 5.93. The number of amides is 2. The summed E-state index contributed by atoms with van der Waals surface area (Å²) >= 11 is 0. The molecule has 3 rings (SSSR count). The van der Waals surface area contributed by atoms with Gasteiger partial charge in [-0.05, 0) is 12.5 Å². The van der Waals surface area contributed by atoms with Gasteiger partial charge in [-0.2, -0.15) is 5.10 Å². The van der Waals surface area contributed by atoms with Crippen LogP contribution in [-0.4, -0.2) is 77.2 Å². The summed E-state index contributed by atoms with van der Waals surface area (Å²) in [5.74, 6) is -3.99. The van der Waals surface area contributed by atoms with Gasteiger partial charge in [0, 0.05) is 46.4 Å². The van der Waals surface area contributed by atoms with Crippen molar-refractivity contribution < 1.29 is 23.1 Å². The Labute approximate surface area is 144 Å². The molecule has 2 saturated heterocycles. The lowest BCUT2D eigenvalue weighted by molar-refractivity contribution is -0.151. The molecule has 1 aromatic heterocycles. The zero-order valence-corrected chi connectivity index (χ0v) is 14.4. The highest BCUT2D eigenvalue weighted by Gasteiger charge is 2.57. The first-order valence-electron chi connectivity index (χ1n) is 8.21. The summed E-state index contributed by atoms with van der Waals surface area (Å²) < 4.78 is 35.2. The molecule has 3 heterocycles. The number of aryl methyl sites for hydroxylation is 1. The normalized spacial score (nSPS) is 25.8. The molecule has 0 radical (unpaired) electrons. The molecule has 2 aliphatic rings. The van der Waals surface area contributed by atoms with E-state index in [1.165, 1.54) is 17.9 Å². The number of carbonyl (C=O) groups is 2. The van der Waals surface area contributed by atoms with Crippen LogP contribution in [0.3, 0.4) is 0 Å². The Kier molecular flexibility index (Phi) is 4.52. The van der Waals surface area contributed by atoms with Crippen LogP contribution in [0.2, 0.25) is 0 Å². The number of hydrogen-bond donors (Lipinski definition) is 0. The Balaban J connectivity index is 1.82. The van der Waals surface area contributed by atoms with Gasteiger partial charge in [-0.3, -0.25) is 14.3 Å². The quantitative estimate of drug-likeness (QED) is 0.799. The van der Waals surface area contributed by atoms with E-state index in [0.717, 1.165) is 4.90 Å². The van der Waals surface area contributed by atoms with E-state index in [2.05, 4.69) is 5.10 Å². The van der Waals surface area contributed by atoms with Crippen molar-refractivity contribution in [2.24, 2.45) is 12.5 Å². The first kappa shape index (κ1) is 17.8. The molecule has 2 amide bonds. The summed E-state index contributed by atoms with van der Waals surface area (Å²) in [6.07, 6.45) is 1.38. The van der Waals surface area contributed by atoms with Crippen LogP contribution in [0, 0.1) is 5.41 Å². The summed E-state index contributed by atoms with van der Waals surface area (Å²) in [5.41, 5.74) is -1.11. The second kappa shape index (κ2) is 6.36.